The first-order valence-corrected chi connectivity index (χ1v) is 6.67. The summed E-state index contributed by atoms with van der Waals surface area (Å²) < 4.78 is 3.03. The zero-order valence-electron chi connectivity index (χ0n) is 9.97. The Morgan fingerprint density at radius 3 is 2.78 bits per heavy atom. The first kappa shape index (κ1) is 11.4. The molecule has 0 N–H and O–H groups in total. The van der Waals surface area contributed by atoms with Gasteiger partial charge < -0.3 is 0 Å². The van der Waals surface area contributed by atoms with E-state index in [2.05, 4.69) is 51.3 Å². The molecule has 0 amide bonds. The Bertz CT molecular complexity index is 703. The molecule has 3 aromatic rings. The van der Waals surface area contributed by atoms with E-state index in [-0.39, 0.29) is 0 Å². The molecule has 0 aliphatic heterocycles. The first-order valence-electron chi connectivity index (χ1n) is 5.88. The Labute approximate surface area is 114 Å². The van der Waals surface area contributed by atoms with Crippen LogP contribution >= 0.6 is 15.9 Å². The number of pyridine rings is 1. The Balaban J connectivity index is 2.28. The summed E-state index contributed by atoms with van der Waals surface area (Å²) in [7, 11) is 0. The molecule has 3 rings (SSSR count). The molecule has 4 heteroatoms. The smallest absolute Gasteiger partial charge is 0.168 e. The number of rotatable bonds is 2. The molecule has 0 saturated heterocycles. The minimum atomic E-state index is 0.860. The zero-order valence-corrected chi connectivity index (χ0v) is 11.6. The fourth-order valence-electron chi connectivity index (χ4n) is 2.10. The standard InChI is InChI=1S/C14H12BrN3/c1-2-10-5-3-4-6-12(10)14-17-16-13-8-7-11(15)9-18(13)14/h3-9H,2H2,1H3. The van der Waals surface area contributed by atoms with Crippen molar-refractivity contribution in [1.82, 2.24) is 14.6 Å². The molecule has 0 aliphatic rings. The van der Waals surface area contributed by atoms with Gasteiger partial charge in [-0.1, -0.05) is 31.2 Å². The molecular formula is C14H12BrN3. The summed E-state index contributed by atoms with van der Waals surface area (Å²) in [6.07, 6.45) is 2.98. The van der Waals surface area contributed by atoms with Crippen molar-refractivity contribution in [3.8, 4) is 11.4 Å². The minimum absolute atomic E-state index is 0.860. The van der Waals surface area contributed by atoms with Gasteiger partial charge in [-0.15, -0.1) is 10.2 Å². The van der Waals surface area contributed by atoms with Crippen molar-refractivity contribution in [1.29, 1.82) is 0 Å². The summed E-state index contributed by atoms with van der Waals surface area (Å²) in [5, 5.41) is 8.51. The molecule has 0 atom stereocenters. The fraction of sp³-hybridized carbons (Fsp3) is 0.143. The van der Waals surface area contributed by atoms with Gasteiger partial charge in [0.2, 0.25) is 0 Å². The molecule has 0 fully saturated rings. The van der Waals surface area contributed by atoms with Crippen LogP contribution in [-0.2, 0) is 6.42 Å². The van der Waals surface area contributed by atoms with Gasteiger partial charge in [0.1, 0.15) is 0 Å². The van der Waals surface area contributed by atoms with Crippen molar-refractivity contribution in [2.45, 2.75) is 13.3 Å². The maximum atomic E-state index is 4.31. The molecular weight excluding hydrogens is 290 g/mol. The van der Waals surface area contributed by atoms with Crippen LogP contribution in [0, 0.1) is 0 Å². The summed E-state index contributed by atoms with van der Waals surface area (Å²) in [5.74, 6) is 0.892. The maximum absolute atomic E-state index is 4.31. The molecule has 1 aromatic carbocycles. The zero-order chi connectivity index (χ0) is 12.5. The molecule has 2 heterocycles. The third kappa shape index (κ3) is 1.82. The second-order valence-electron chi connectivity index (χ2n) is 4.11. The summed E-state index contributed by atoms with van der Waals surface area (Å²) in [6.45, 7) is 2.15. The Morgan fingerprint density at radius 1 is 1.11 bits per heavy atom. The van der Waals surface area contributed by atoms with E-state index in [9.17, 15) is 0 Å². The number of halogens is 1. The highest BCUT2D eigenvalue weighted by atomic mass is 79.9. The molecule has 18 heavy (non-hydrogen) atoms. The van der Waals surface area contributed by atoms with Gasteiger partial charge >= 0.3 is 0 Å². The summed E-state index contributed by atoms with van der Waals surface area (Å²) in [6, 6.07) is 12.2. The van der Waals surface area contributed by atoms with Crippen LogP contribution in [0.3, 0.4) is 0 Å². The Kier molecular flexibility index (Phi) is 2.88. The summed E-state index contributed by atoms with van der Waals surface area (Å²) in [4.78, 5) is 0. The van der Waals surface area contributed by atoms with Crippen LogP contribution in [-0.4, -0.2) is 14.6 Å². The van der Waals surface area contributed by atoms with Crippen molar-refractivity contribution in [3.63, 3.8) is 0 Å². The second-order valence-corrected chi connectivity index (χ2v) is 5.03. The van der Waals surface area contributed by atoms with Crippen LogP contribution in [0.2, 0.25) is 0 Å². The van der Waals surface area contributed by atoms with Crippen LogP contribution in [0.15, 0.2) is 47.1 Å². The average Bonchev–Trinajstić information content (AvgIpc) is 2.81. The van der Waals surface area contributed by atoms with Gasteiger partial charge in [0, 0.05) is 16.2 Å². The molecule has 0 aliphatic carbocycles. The van der Waals surface area contributed by atoms with Crippen LogP contribution in [0.25, 0.3) is 17.0 Å². The summed E-state index contributed by atoms with van der Waals surface area (Å²) >= 11 is 3.48. The van der Waals surface area contributed by atoms with E-state index < -0.39 is 0 Å². The van der Waals surface area contributed by atoms with Crippen molar-refractivity contribution in [2.24, 2.45) is 0 Å². The monoisotopic (exact) mass is 301 g/mol. The van der Waals surface area contributed by atoms with Gasteiger partial charge in [0.15, 0.2) is 11.5 Å². The van der Waals surface area contributed by atoms with Crippen molar-refractivity contribution < 1.29 is 0 Å². The third-order valence-electron chi connectivity index (χ3n) is 3.01. The van der Waals surface area contributed by atoms with Gasteiger partial charge in [0.25, 0.3) is 0 Å². The van der Waals surface area contributed by atoms with Gasteiger partial charge in [-0.25, -0.2) is 0 Å². The van der Waals surface area contributed by atoms with E-state index in [1.807, 2.05) is 28.8 Å². The molecule has 0 radical (unpaired) electrons. The molecule has 90 valence electrons. The highest BCUT2D eigenvalue weighted by molar-refractivity contribution is 9.10. The highest BCUT2D eigenvalue weighted by Crippen LogP contribution is 2.24. The van der Waals surface area contributed by atoms with Crippen LogP contribution in [0.4, 0.5) is 0 Å². The first-order chi connectivity index (χ1) is 8.79. The van der Waals surface area contributed by atoms with E-state index in [4.69, 9.17) is 0 Å². The lowest BCUT2D eigenvalue weighted by Crippen LogP contribution is -1.93. The highest BCUT2D eigenvalue weighted by Gasteiger charge is 2.10. The fourth-order valence-corrected chi connectivity index (χ4v) is 2.43. The van der Waals surface area contributed by atoms with Gasteiger partial charge in [-0.3, -0.25) is 4.40 Å². The Hall–Kier alpha value is -1.68. The SMILES string of the molecule is CCc1ccccc1-c1nnc2ccc(Br)cn12. The number of aromatic nitrogens is 3. The van der Waals surface area contributed by atoms with Crippen molar-refractivity contribution in [3.05, 3.63) is 52.6 Å². The number of benzene rings is 1. The molecule has 0 bridgehead atoms. The lowest BCUT2D eigenvalue weighted by atomic mass is 10.1. The quantitative estimate of drug-likeness (QED) is 0.722. The predicted molar refractivity (Wildman–Crippen MR) is 75.5 cm³/mol. The number of nitrogens with zero attached hydrogens (tertiary/aromatic N) is 3. The van der Waals surface area contributed by atoms with Crippen LogP contribution in [0.5, 0.6) is 0 Å². The normalized spacial score (nSPS) is 11.0. The minimum Gasteiger partial charge on any atom is -0.281 e. The Morgan fingerprint density at radius 2 is 1.94 bits per heavy atom. The van der Waals surface area contributed by atoms with Crippen LogP contribution < -0.4 is 0 Å². The lowest BCUT2D eigenvalue weighted by molar-refractivity contribution is 1.08. The van der Waals surface area contributed by atoms with Crippen molar-refractivity contribution >= 4 is 21.6 Å². The van der Waals surface area contributed by atoms with E-state index >= 15 is 0 Å². The van der Waals surface area contributed by atoms with E-state index in [1.54, 1.807) is 0 Å². The van der Waals surface area contributed by atoms with E-state index in [0.717, 1.165) is 27.9 Å². The van der Waals surface area contributed by atoms with Gasteiger partial charge in [0.05, 0.1) is 0 Å². The van der Waals surface area contributed by atoms with Crippen LogP contribution in [0.1, 0.15) is 12.5 Å². The maximum Gasteiger partial charge on any atom is 0.168 e. The van der Waals surface area contributed by atoms with E-state index in [1.165, 1.54) is 5.56 Å². The largest absolute Gasteiger partial charge is 0.281 e. The number of hydrogen-bond donors (Lipinski definition) is 0. The number of fused-ring (bicyclic) bond motifs is 1. The number of aryl methyl sites for hydroxylation is 1. The summed E-state index contributed by atoms with van der Waals surface area (Å²) in [5.41, 5.74) is 3.29. The average molecular weight is 302 g/mol. The van der Waals surface area contributed by atoms with Gasteiger partial charge in [-0.05, 0) is 40.0 Å². The molecule has 0 unspecified atom stereocenters. The lowest BCUT2D eigenvalue weighted by Gasteiger charge is -2.05. The second kappa shape index (κ2) is 4.53. The molecule has 0 spiro atoms. The predicted octanol–water partition coefficient (Wildman–Crippen LogP) is 3.72. The molecule has 3 nitrogen and oxygen atoms in total. The number of hydrogen-bond acceptors (Lipinski definition) is 2. The van der Waals surface area contributed by atoms with E-state index in [0.29, 0.717) is 0 Å². The molecule has 2 aromatic heterocycles. The van der Waals surface area contributed by atoms with Gasteiger partial charge in [-0.2, -0.15) is 0 Å². The molecule has 0 saturated carbocycles. The topological polar surface area (TPSA) is 30.2 Å². The third-order valence-corrected chi connectivity index (χ3v) is 3.47. The van der Waals surface area contributed by atoms with Crippen molar-refractivity contribution in [2.75, 3.05) is 0 Å².